The van der Waals surface area contributed by atoms with E-state index in [1.165, 1.54) is 17.2 Å². The third kappa shape index (κ3) is 12.9. The van der Waals surface area contributed by atoms with Gasteiger partial charge in [0, 0.05) is 17.7 Å². The van der Waals surface area contributed by atoms with Crippen LogP contribution in [0.1, 0.15) is 72.4 Å². The van der Waals surface area contributed by atoms with Gasteiger partial charge in [-0.2, -0.15) is 5.10 Å². The van der Waals surface area contributed by atoms with Gasteiger partial charge in [0.1, 0.15) is 12.2 Å². The van der Waals surface area contributed by atoms with Crippen LogP contribution in [0.3, 0.4) is 0 Å². The summed E-state index contributed by atoms with van der Waals surface area (Å²) in [5.41, 5.74) is 1.70. The molecule has 1 aliphatic carbocycles. The minimum atomic E-state index is -0.320. The summed E-state index contributed by atoms with van der Waals surface area (Å²) in [5, 5.41) is 18.3. The molecular formula is C32H40N4O4. The number of terminal acetylenes is 1. The van der Waals surface area contributed by atoms with Gasteiger partial charge in [0.2, 0.25) is 5.91 Å². The number of carbonyl (C=O) groups is 3. The summed E-state index contributed by atoms with van der Waals surface area (Å²) in [5.74, 6) is -0.255. The maximum atomic E-state index is 12.2. The van der Waals surface area contributed by atoms with Gasteiger partial charge < -0.3 is 15.7 Å². The highest BCUT2D eigenvalue weighted by Gasteiger charge is 2.18. The molecule has 0 unspecified atom stereocenters. The molecule has 4 rings (SSSR count). The van der Waals surface area contributed by atoms with Crippen LogP contribution in [0.25, 0.3) is 0 Å². The van der Waals surface area contributed by atoms with E-state index in [9.17, 15) is 14.4 Å². The van der Waals surface area contributed by atoms with Gasteiger partial charge in [-0.05, 0) is 44.4 Å². The number of benzene rings is 2. The average Bonchev–Trinajstić information content (AvgIpc) is 3.40. The van der Waals surface area contributed by atoms with Gasteiger partial charge in [0.05, 0.1) is 6.61 Å². The second-order valence-corrected chi connectivity index (χ2v) is 8.76. The van der Waals surface area contributed by atoms with E-state index in [0.717, 1.165) is 31.2 Å². The molecule has 8 heteroatoms. The van der Waals surface area contributed by atoms with Crippen molar-refractivity contribution >= 4 is 23.9 Å². The fraction of sp³-hybridized carbons (Fsp3) is 0.312. The van der Waals surface area contributed by atoms with Crippen molar-refractivity contribution in [2.75, 3.05) is 5.32 Å². The zero-order valence-corrected chi connectivity index (χ0v) is 23.3. The Balaban J connectivity index is 0.000000472. The van der Waals surface area contributed by atoms with Gasteiger partial charge in [-0.25, -0.2) is 0 Å². The van der Waals surface area contributed by atoms with Crippen LogP contribution in [0.5, 0.6) is 0 Å². The van der Waals surface area contributed by atoms with Gasteiger partial charge in [-0.3, -0.25) is 19.1 Å². The topological polar surface area (TPSA) is 113 Å². The first-order chi connectivity index (χ1) is 19.5. The highest BCUT2D eigenvalue weighted by molar-refractivity contribution is 6.04. The Morgan fingerprint density at radius 2 is 1.55 bits per heavy atom. The monoisotopic (exact) mass is 544 g/mol. The van der Waals surface area contributed by atoms with Gasteiger partial charge in [-0.15, -0.1) is 12.8 Å². The molecule has 0 bridgehead atoms. The van der Waals surface area contributed by atoms with E-state index in [0.29, 0.717) is 11.8 Å². The van der Waals surface area contributed by atoms with Crippen molar-refractivity contribution < 1.29 is 19.5 Å². The molecule has 2 aromatic carbocycles. The third-order valence-corrected chi connectivity index (χ3v) is 5.83. The number of aromatic nitrogens is 2. The molecule has 2 amide bonds. The molecule has 0 spiro atoms. The number of carbonyl (C=O) groups excluding carboxylic acids is 3. The first kappa shape index (κ1) is 33.5. The highest BCUT2D eigenvalue weighted by Crippen LogP contribution is 2.17. The Morgan fingerprint density at radius 3 is 2.05 bits per heavy atom. The Morgan fingerprint density at radius 1 is 0.975 bits per heavy atom. The number of nitrogens with one attached hydrogen (secondary N) is 2. The molecule has 1 heterocycles. The van der Waals surface area contributed by atoms with Crippen LogP contribution < -0.4 is 10.6 Å². The highest BCUT2D eigenvalue weighted by atomic mass is 16.3. The molecule has 1 aromatic heterocycles. The smallest absolute Gasteiger partial charge is 0.256 e. The van der Waals surface area contributed by atoms with Crippen LogP contribution in [-0.2, 0) is 17.9 Å². The standard InChI is InChI=1S/C19H22N4O3.C7H8O.C4H8.C2H2/c24-13-16-11-17(21-19(26)14-7-3-1-4-8-14)22-23(16)12-18(25)20-15-9-5-2-6-10-15;8-6-7-4-2-1-3-5-7;1-3-4-2;1-2/h1,3-4,7-8,11,13,15H,2,5-6,9-10,12H2,(H,20,25)(H,21,22,26);1-5,8H,6H2;3-4H,1-2H3;1-2H/b;;4-3-;. The molecule has 0 saturated heterocycles. The molecule has 40 heavy (non-hydrogen) atoms. The second-order valence-electron chi connectivity index (χ2n) is 8.76. The molecule has 0 radical (unpaired) electrons. The summed E-state index contributed by atoms with van der Waals surface area (Å²) in [4.78, 5) is 35.7. The number of hydrogen-bond donors (Lipinski definition) is 3. The first-order valence-electron chi connectivity index (χ1n) is 13.2. The molecule has 0 aliphatic heterocycles. The van der Waals surface area contributed by atoms with Crippen LogP contribution in [0.2, 0.25) is 0 Å². The summed E-state index contributed by atoms with van der Waals surface area (Å²) in [7, 11) is 0. The van der Waals surface area contributed by atoms with Gasteiger partial charge in [-0.1, -0.05) is 79.9 Å². The molecule has 1 saturated carbocycles. The maximum Gasteiger partial charge on any atom is 0.256 e. The number of aldehydes is 1. The number of amides is 2. The Bertz CT molecular complexity index is 1180. The lowest BCUT2D eigenvalue weighted by molar-refractivity contribution is -0.122. The number of allylic oxidation sites excluding steroid dienone is 2. The zero-order valence-electron chi connectivity index (χ0n) is 23.3. The number of nitrogens with zero attached hydrogens (tertiary/aromatic N) is 2. The lowest BCUT2D eigenvalue weighted by atomic mass is 9.95. The summed E-state index contributed by atoms with van der Waals surface area (Å²) >= 11 is 0. The van der Waals surface area contributed by atoms with Crippen molar-refractivity contribution in [3.05, 3.63) is 95.7 Å². The van der Waals surface area contributed by atoms with Crippen LogP contribution in [-0.4, -0.2) is 39.0 Å². The van der Waals surface area contributed by atoms with E-state index in [1.807, 2.05) is 62.4 Å². The van der Waals surface area contributed by atoms with Crippen LogP contribution in [0, 0.1) is 12.8 Å². The van der Waals surface area contributed by atoms with Crippen molar-refractivity contribution in [3.63, 3.8) is 0 Å². The molecule has 1 fully saturated rings. The summed E-state index contributed by atoms with van der Waals surface area (Å²) in [6.45, 7) is 4.09. The predicted octanol–water partition coefficient (Wildman–Crippen LogP) is 5.41. The van der Waals surface area contributed by atoms with E-state index in [-0.39, 0.29) is 42.5 Å². The van der Waals surface area contributed by atoms with Crippen LogP contribution in [0.15, 0.2) is 78.9 Å². The Kier molecular flexibility index (Phi) is 17.2. The molecular weight excluding hydrogens is 504 g/mol. The molecule has 3 aromatic rings. The normalized spacial score (nSPS) is 12.3. The maximum absolute atomic E-state index is 12.2. The summed E-state index contributed by atoms with van der Waals surface area (Å²) < 4.78 is 1.31. The largest absolute Gasteiger partial charge is 0.392 e. The number of aliphatic hydroxyl groups is 1. The van der Waals surface area contributed by atoms with E-state index in [1.54, 1.807) is 24.3 Å². The number of aliphatic hydroxyl groups excluding tert-OH is 1. The summed E-state index contributed by atoms with van der Waals surface area (Å²) in [6, 6.07) is 19.9. The molecule has 3 N–H and O–H groups in total. The van der Waals surface area contributed by atoms with Crippen LogP contribution in [0.4, 0.5) is 5.82 Å². The summed E-state index contributed by atoms with van der Waals surface area (Å²) in [6.07, 6.45) is 18.1. The van der Waals surface area contributed by atoms with Gasteiger partial charge in [0.25, 0.3) is 5.91 Å². The quantitative estimate of drug-likeness (QED) is 0.209. The Labute approximate surface area is 237 Å². The number of anilines is 1. The van der Waals surface area contributed by atoms with Gasteiger partial charge in [0.15, 0.2) is 12.1 Å². The van der Waals surface area contributed by atoms with E-state index < -0.39 is 0 Å². The van der Waals surface area contributed by atoms with Crippen molar-refractivity contribution in [2.24, 2.45) is 0 Å². The minimum absolute atomic E-state index is 0.0498. The lowest BCUT2D eigenvalue weighted by Gasteiger charge is -2.22. The van der Waals surface area contributed by atoms with Crippen molar-refractivity contribution in [3.8, 4) is 12.8 Å². The molecule has 8 nitrogen and oxygen atoms in total. The number of rotatable bonds is 7. The van der Waals surface area contributed by atoms with E-state index in [4.69, 9.17) is 5.11 Å². The second kappa shape index (κ2) is 20.5. The third-order valence-electron chi connectivity index (χ3n) is 5.83. The Hall–Kier alpha value is -4.48. The zero-order chi connectivity index (χ0) is 29.6. The SMILES string of the molecule is C#C.C/C=C\C.O=Cc1cc(NC(=O)c2ccccc2)nn1CC(=O)NC1CCCCC1.OCc1ccccc1. The molecule has 212 valence electrons. The fourth-order valence-corrected chi connectivity index (χ4v) is 3.73. The average molecular weight is 545 g/mol. The van der Waals surface area contributed by atoms with E-state index in [2.05, 4.69) is 28.6 Å². The van der Waals surface area contributed by atoms with Gasteiger partial charge >= 0.3 is 0 Å². The fourth-order valence-electron chi connectivity index (χ4n) is 3.73. The first-order valence-corrected chi connectivity index (χ1v) is 13.2. The number of hydrogen-bond acceptors (Lipinski definition) is 5. The van der Waals surface area contributed by atoms with Crippen molar-refractivity contribution in [1.29, 1.82) is 0 Å². The minimum Gasteiger partial charge on any atom is -0.392 e. The lowest BCUT2D eigenvalue weighted by Crippen LogP contribution is -2.38. The predicted molar refractivity (Wildman–Crippen MR) is 160 cm³/mol. The van der Waals surface area contributed by atoms with Crippen LogP contribution >= 0.6 is 0 Å². The van der Waals surface area contributed by atoms with Crippen molar-refractivity contribution in [1.82, 2.24) is 15.1 Å². The molecule has 0 atom stereocenters. The van der Waals surface area contributed by atoms with Crippen molar-refractivity contribution in [2.45, 2.75) is 65.1 Å². The van der Waals surface area contributed by atoms with E-state index >= 15 is 0 Å². The molecule has 1 aliphatic rings.